The molecule has 1 N–H and O–H groups in total. The van der Waals surface area contributed by atoms with Gasteiger partial charge < -0.3 is 19.7 Å². The van der Waals surface area contributed by atoms with E-state index in [-0.39, 0.29) is 24.2 Å². The molecule has 1 aliphatic rings. The molecule has 2 heterocycles. The summed E-state index contributed by atoms with van der Waals surface area (Å²) in [6.45, 7) is 2.98. The molecule has 1 fully saturated rings. The van der Waals surface area contributed by atoms with Crippen molar-refractivity contribution in [2.75, 3.05) is 32.6 Å². The molecule has 0 aliphatic carbocycles. The average molecular weight is 390 g/mol. The summed E-state index contributed by atoms with van der Waals surface area (Å²) in [7, 11) is 3.18. The zero-order chi connectivity index (χ0) is 19.4. The van der Waals surface area contributed by atoms with Crippen LogP contribution >= 0.6 is 11.3 Å². The topological polar surface area (TPSA) is 93.7 Å². The molecule has 1 saturated heterocycles. The highest BCUT2D eigenvalue weighted by molar-refractivity contribution is 7.15. The van der Waals surface area contributed by atoms with Crippen LogP contribution in [0.1, 0.15) is 23.9 Å². The zero-order valence-corrected chi connectivity index (χ0v) is 16.3. The van der Waals surface area contributed by atoms with Crippen molar-refractivity contribution in [3.05, 3.63) is 28.8 Å². The molecule has 0 spiro atoms. The van der Waals surface area contributed by atoms with Crippen LogP contribution in [0.5, 0.6) is 11.5 Å². The number of carbonyl (C=O) groups excluding carboxylic acids is 2. The molecule has 0 saturated carbocycles. The monoisotopic (exact) mass is 390 g/mol. The van der Waals surface area contributed by atoms with Gasteiger partial charge in [0, 0.05) is 25.9 Å². The van der Waals surface area contributed by atoms with E-state index in [1.165, 1.54) is 11.3 Å². The second kappa shape index (κ2) is 8.34. The highest BCUT2D eigenvalue weighted by Gasteiger charge is 2.33. The third-order valence-electron chi connectivity index (χ3n) is 4.47. The minimum absolute atomic E-state index is 0.0176. The molecule has 2 aromatic rings. The maximum Gasteiger partial charge on any atom is 0.231 e. The summed E-state index contributed by atoms with van der Waals surface area (Å²) in [4.78, 5) is 25.8. The van der Waals surface area contributed by atoms with Crippen molar-refractivity contribution in [1.82, 2.24) is 15.1 Å². The molecule has 1 aromatic heterocycles. The molecule has 1 aromatic carbocycles. The quantitative estimate of drug-likeness (QED) is 0.777. The van der Waals surface area contributed by atoms with E-state index in [9.17, 15) is 9.59 Å². The predicted molar refractivity (Wildman–Crippen MR) is 101 cm³/mol. The first kappa shape index (κ1) is 19.1. The Kier molecular flexibility index (Phi) is 5.90. The number of nitrogens with one attached hydrogen (secondary N) is 1. The van der Waals surface area contributed by atoms with Crippen LogP contribution in [0.4, 0.5) is 5.13 Å². The molecule has 144 valence electrons. The highest BCUT2D eigenvalue weighted by Crippen LogP contribution is 2.29. The van der Waals surface area contributed by atoms with Crippen molar-refractivity contribution in [1.29, 1.82) is 0 Å². The van der Waals surface area contributed by atoms with Crippen LogP contribution in [0.25, 0.3) is 0 Å². The number of hydrogen-bond acceptors (Lipinski definition) is 7. The Labute approximate surface area is 161 Å². The maximum atomic E-state index is 12.4. The molecular weight excluding hydrogens is 368 g/mol. The van der Waals surface area contributed by atoms with Gasteiger partial charge in [0.15, 0.2) is 11.5 Å². The number of aromatic nitrogens is 2. The normalized spacial score (nSPS) is 16.5. The minimum atomic E-state index is -0.337. The lowest BCUT2D eigenvalue weighted by Gasteiger charge is -2.12. The van der Waals surface area contributed by atoms with Gasteiger partial charge in [-0.05, 0) is 24.6 Å². The predicted octanol–water partition coefficient (Wildman–Crippen LogP) is 1.95. The third-order valence-corrected chi connectivity index (χ3v) is 5.31. The summed E-state index contributed by atoms with van der Waals surface area (Å²) in [6.07, 6.45) is 0.816. The number of methoxy groups -OCH3 is 2. The molecule has 3 rings (SSSR count). The number of amides is 2. The van der Waals surface area contributed by atoms with Gasteiger partial charge in [-0.15, -0.1) is 10.2 Å². The van der Waals surface area contributed by atoms with Crippen molar-refractivity contribution in [3.8, 4) is 11.5 Å². The Morgan fingerprint density at radius 1 is 1.30 bits per heavy atom. The zero-order valence-electron chi connectivity index (χ0n) is 15.5. The van der Waals surface area contributed by atoms with Gasteiger partial charge in [0.05, 0.1) is 20.1 Å². The van der Waals surface area contributed by atoms with Crippen LogP contribution < -0.4 is 14.8 Å². The van der Waals surface area contributed by atoms with Crippen molar-refractivity contribution in [2.45, 2.75) is 19.8 Å². The van der Waals surface area contributed by atoms with Crippen LogP contribution in [-0.2, 0) is 16.0 Å². The summed E-state index contributed by atoms with van der Waals surface area (Å²) >= 11 is 1.32. The first-order chi connectivity index (χ1) is 13.0. The van der Waals surface area contributed by atoms with Gasteiger partial charge in [0.1, 0.15) is 5.01 Å². The Bertz CT molecular complexity index is 839. The molecule has 1 aliphatic heterocycles. The van der Waals surface area contributed by atoms with E-state index in [0.717, 1.165) is 10.6 Å². The number of benzene rings is 1. The number of likely N-dealkylation sites (tertiary alicyclic amines) is 1. The fraction of sp³-hybridized carbons (Fsp3) is 0.444. The van der Waals surface area contributed by atoms with Crippen LogP contribution in [0.15, 0.2) is 18.2 Å². The molecule has 27 heavy (non-hydrogen) atoms. The average Bonchev–Trinajstić information content (AvgIpc) is 3.27. The van der Waals surface area contributed by atoms with Crippen LogP contribution in [-0.4, -0.2) is 54.2 Å². The van der Waals surface area contributed by atoms with E-state index in [2.05, 4.69) is 15.5 Å². The van der Waals surface area contributed by atoms with Crippen LogP contribution in [0, 0.1) is 5.92 Å². The van der Waals surface area contributed by atoms with Gasteiger partial charge in [-0.1, -0.05) is 17.4 Å². The standard InChI is InChI=1S/C18H22N4O4S/c1-4-22-10-12(9-16(22)23)17(24)19-18-21-20-15(27-18)8-11-5-6-13(25-2)14(7-11)26-3/h5-7,12H,4,8-10H2,1-3H3,(H,19,21,24)/t12-/m0/s1. The van der Waals surface area contributed by atoms with Gasteiger partial charge in [0.25, 0.3) is 0 Å². The number of carbonyl (C=O) groups is 2. The van der Waals surface area contributed by atoms with Gasteiger partial charge in [0.2, 0.25) is 16.9 Å². The molecule has 1 atom stereocenters. The summed E-state index contributed by atoms with van der Waals surface area (Å²) in [6, 6.07) is 5.67. The van der Waals surface area contributed by atoms with Crippen LogP contribution in [0.2, 0.25) is 0 Å². The van der Waals surface area contributed by atoms with Gasteiger partial charge in [-0.25, -0.2) is 0 Å². The SMILES string of the molecule is CCN1C[C@@H](C(=O)Nc2nnc(Cc3ccc(OC)c(OC)c3)s2)CC1=O. The van der Waals surface area contributed by atoms with Crippen LogP contribution in [0.3, 0.4) is 0 Å². The lowest BCUT2D eigenvalue weighted by molar-refractivity contribution is -0.128. The molecule has 0 unspecified atom stereocenters. The highest BCUT2D eigenvalue weighted by atomic mass is 32.1. The number of hydrogen-bond donors (Lipinski definition) is 1. The molecule has 9 heteroatoms. The van der Waals surface area contributed by atoms with E-state index in [0.29, 0.717) is 36.1 Å². The Hall–Kier alpha value is -2.68. The second-order valence-electron chi connectivity index (χ2n) is 6.19. The summed E-state index contributed by atoms with van der Waals surface area (Å²) in [5.74, 6) is 0.811. The molecule has 0 radical (unpaired) electrons. The smallest absolute Gasteiger partial charge is 0.231 e. The van der Waals surface area contributed by atoms with E-state index >= 15 is 0 Å². The Balaban J connectivity index is 1.62. The van der Waals surface area contributed by atoms with Gasteiger partial charge >= 0.3 is 0 Å². The minimum Gasteiger partial charge on any atom is -0.493 e. The summed E-state index contributed by atoms with van der Waals surface area (Å²) in [5, 5.41) is 12.2. The van der Waals surface area contributed by atoms with Crippen molar-refractivity contribution >= 4 is 28.3 Å². The van der Waals surface area contributed by atoms with E-state index in [1.807, 2.05) is 25.1 Å². The lowest BCUT2D eigenvalue weighted by Crippen LogP contribution is -2.28. The maximum absolute atomic E-state index is 12.4. The Morgan fingerprint density at radius 3 is 2.74 bits per heavy atom. The Morgan fingerprint density at radius 2 is 2.07 bits per heavy atom. The largest absolute Gasteiger partial charge is 0.493 e. The van der Waals surface area contributed by atoms with E-state index in [4.69, 9.17) is 9.47 Å². The first-order valence-corrected chi connectivity index (χ1v) is 9.47. The molecule has 0 bridgehead atoms. The number of ether oxygens (including phenoxy) is 2. The molecule has 2 amide bonds. The fourth-order valence-corrected chi connectivity index (χ4v) is 3.78. The van der Waals surface area contributed by atoms with Gasteiger partial charge in [-0.3, -0.25) is 9.59 Å². The van der Waals surface area contributed by atoms with Crippen molar-refractivity contribution in [3.63, 3.8) is 0 Å². The van der Waals surface area contributed by atoms with Crippen molar-refractivity contribution < 1.29 is 19.1 Å². The molecule has 8 nitrogen and oxygen atoms in total. The summed E-state index contributed by atoms with van der Waals surface area (Å²) in [5.41, 5.74) is 1.00. The lowest BCUT2D eigenvalue weighted by atomic mass is 10.1. The third kappa shape index (κ3) is 4.36. The van der Waals surface area contributed by atoms with E-state index < -0.39 is 0 Å². The fourth-order valence-electron chi connectivity index (χ4n) is 3.00. The van der Waals surface area contributed by atoms with Crippen molar-refractivity contribution in [2.24, 2.45) is 5.92 Å². The number of nitrogens with zero attached hydrogens (tertiary/aromatic N) is 3. The van der Waals surface area contributed by atoms with Gasteiger partial charge in [-0.2, -0.15) is 0 Å². The van der Waals surface area contributed by atoms with E-state index in [1.54, 1.807) is 19.1 Å². The number of anilines is 1. The molecular formula is C18H22N4O4S. The second-order valence-corrected chi connectivity index (χ2v) is 7.25. The number of rotatable bonds is 7. The summed E-state index contributed by atoms with van der Waals surface area (Å²) < 4.78 is 10.5. The first-order valence-electron chi connectivity index (χ1n) is 8.66.